The number of esters is 1. The first-order chi connectivity index (χ1) is 6.76. The summed E-state index contributed by atoms with van der Waals surface area (Å²) in [6, 6.07) is -0.272. The fourth-order valence-electron chi connectivity index (χ4n) is 2.31. The van der Waals surface area contributed by atoms with Crippen LogP contribution in [0.25, 0.3) is 0 Å². The third-order valence-electron chi connectivity index (χ3n) is 3.23. The molecule has 1 spiro atoms. The second kappa shape index (κ2) is 3.87. The number of rotatable bonds is 1. The molecule has 0 aromatic rings. The summed E-state index contributed by atoms with van der Waals surface area (Å²) < 4.78 is 10.5. The van der Waals surface area contributed by atoms with Gasteiger partial charge in [0.15, 0.2) is 0 Å². The SMILES string of the molecule is COC(=O)C1COC2(CCCC2)CN1. The lowest BCUT2D eigenvalue weighted by atomic mass is 9.99. The van der Waals surface area contributed by atoms with Crippen molar-refractivity contribution in [1.29, 1.82) is 0 Å². The lowest BCUT2D eigenvalue weighted by Crippen LogP contribution is -2.56. The molecule has 2 rings (SSSR count). The summed E-state index contributed by atoms with van der Waals surface area (Å²) in [6.07, 6.45) is 4.72. The van der Waals surface area contributed by atoms with E-state index in [4.69, 9.17) is 4.74 Å². The highest BCUT2D eigenvalue weighted by Gasteiger charge is 2.40. The Morgan fingerprint density at radius 2 is 2.21 bits per heavy atom. The summed E-state index contributed by atoms with van der Waals surface area (Å²) in [7, 11) is 1.41. The molecule has 2 fully saturated rings. The molecular weight excluding hydrogens is 182 g/mol. The van der Waals surface area contributed by atoms with Crippen molar-refractivity contribution in [2.75, 3.05) is 20.3 Å². The lowest BCUT2D eigenvalue weighted by Gasteiger charge is -2.37. The van der Waals surface area contributed by atoms with E-state index in [1.165, 1.54) is 20.0 Å². The molecule has 1 heterocycles. The Kier molecular flexibility index (Phi) is 2.74. The Morgan fingerprint density at radius 1 is 1.50 bits per heavy atom. The van der Waals surface area contributed by atoms with Crippen molar-refractivity contribution in [3.05, 3.63) is 0 Å². The first-order valence-corrected chi connectivity index (χ1v) is 5.21. The highest BCUT2D eigenvalue weighted by atomic mass is 16.5. The molecular formula is C10H17NO3. The average molecular weight is 199 g/mol. The standard InChI is InChI=1S/C10H17NO3/c1-13-9(12)8-6-14-10(7-11-8)4-2-3-5-10/h8,11H,2-7H2,1H3. The Hall–Kier alpha value is -0.610. The quantitative estimate of drug-likeness (QED) is 0.623. The molecule has 1 atom stereocenters. The van der Waals surface area contributed by atoms with E-state index < -0.39 is 0 Å². The van der Waals surface area contributed by atoms with Crippen molar-refractivity contribution in [2.24, 2.45) is 0 Å². The van der Waals surface area contributed by atoms with Crippen LogP contribution in [-0.2, 0) is 14.3 Å². The summed E-state index contributed by atoms with van der Waals surface area (Å²) in [5.74, 6) is -0.224. The minimum atomic E-state index is -0.272. The van der Waals surface area contributed by atoms with Gasteiger partial charge in [-0.25, -0.2) is 0 Å². The zero-order valence-electron chi connectivity index (χ0n) is 8.54. The van der Waals surface area contributed by atoms with Crippen molar-refractivity contribution >= 4 is 5.97 Å². The van der Waals surface area contributed by atoms with Crippen molar-refractivity contribution in [2.45, 2.75) is 37.3 Å². The van der Waals surface area contributed by atoms with Gasteiger partial charge in [-0.1, -0.05) is 12.8 Å². The van der Waals surface area contributed by atoms with Crippen LogP contribution in [0.2, 0.25) is 0 Å². The number of nitrogens with one attached hydrogen (secondary N) is 1. The van der Waals surface area contributed by atoms with E-state index in [9.17, 15) is 4.79 Å². The van der Waals surface area contributed by atoms with Crippen molar-refractivity contribution in [3.8, 4) is 0 Å². The van der Waals surface area contributed by atoms with E-state index in [1.54, 1.807) is 0 Å². The van der Waals surface area contributed by atoms with Gasteiger partial charge >= 0.3 is 5.97 Å². The predicted octanol–water partition coefficient (Wildman–Crippen LogP) is 0.461. The zero-order chi connectivity index (χ0) is 10.0. The maximum absolute atomic E-state index is 11.2. The molecule has 14 heavy (non-hydrogen) atoms. The number of carbonyl (C=O) groups excluding carboxylic acids is 1. The van der Waals surface area contributed by atoms with Crippen molar-refractivity contribution < 1.29 is 14.3 Å². The van der Waals surface area contributed by atoms with Crippen LogP contribution in [0, 0.1) is 0 Å². The van der Waals surface area contributed by atoms with Crippen molar-refractivity contribution in [3.63, 3.8) is 0 Å². The fourth-order valence-corrected chi connectivity index (χ4v) is 2.31. The van der Waals surface area contributed by atoms with Gasteiger partial charge in [-0.15, -0.1) is 0 Å². The summed E-state index contributed by atoms with van der Waals surface area (Å²) in [5.41, 5.74) is 0.0184. The molecule has 0 aromatic carbocycles. The van der Waals surface area contributed by atoms with Crippen LogP contribution in [0.15, 0.2) is 0 Å². The van der Waals surface area contributed by atoms with Gasteiger partial charge in [0.25, 0.3) is 0 Å². The van der Waals surface area contributed by atoms with Gasteiger partial charge in [0.2, 0.25) is 0 Å². The first-order valence-electron chi connectivity index (χ1n) is 5.21. The van der Waals surface area contributed by atoms with Gasteiger partial charge in [0.05, 0.1) is 19.3 Å². The van der Waals surface area contributed by atoms with Gasteiger partial charge in [-0.05, 0) is 12.8 Å². The Balaban J connectivity index is 1.88. The summed E-state index contributed by atoms with van der Waals surface area (Å²) in [4.78, 5) is 11.2. The molecule has 4 nitrogen and oxygen atoms in total. The van der Waals surface area contributed by atoms with Crippen LogP contribution in [0.3, 0.4) is 0 Å². The maximum Gasteiger partial charge on any atom is 0.325 e. The average Bonchev–Trinajstić information content (AvgIpc) is 2.67. The molecule has 1 saturated carbocycles. The zero-order valence-corrected chi connectivity index (χ0v) is 8.54. The van der Waals surface area contributed by atoms with Gasteiger partial charge in [-0.2, -0.15) is 0 Å². The van der Waals surface area contributed by atoms with Crippen LogP contribution in [0.1, 0.15) is 25.7 Å². The van der Waals surface area contributed by atoms with Crippen LogP contribution in [0.4, 0.5) is 0 Å². The first kappa shape index (κ1) is 9.93. The largest absolute Gasteiger partial charge is 0.468 e. The molecule has 2 aliphatic rings. The van der Waals surface area contributed by atoms with E-state index in [0.717, 1.165) is 19.4 Å². The van der Waals surface area contributed by atoms with E-state index in [-0.39, 0.29) is 17.6 Å². The summed E-state index contributed by atoms with van der Waals surface area (Å²) in [6.45, 7) is 1.24. The molecule has 80 valence electrons. The molecule has 1 N–H and O–H groups in total. The topological polar surface area (TPSA) is 47.6 Å². The van der Waals surface area contributed by atoms with Crippen LogP contribution < -0.4 is 5.32 Å². The normalized spacial score (nSPS) is 30.5. The van der Waals surface area contributed by atoms with Gasteiger partial charge in [0, 0.05) is 6.54 Å². The molecule has 0 radical (unpaired) electrons. The van der Waals surface area contributed by atoms with Gasteiger partial charge < -0.3 is 9.47 Å². The monoisotopic (exact) mass is 199 g/mol. The Bertz CT molecular complexity index is 213. The number of morpholine rings is 1. The highest BCUT2D eigenvalue weighted by molar-refractivity contribution is 5.75. The molecule has 0 aromatic heterocycles. The third-order valence-corrected chi connectivity index (χ3v) is 3.23. The number of hydrogen-bond donors (Lipinski definition) is 1. The second-order valence-corrected chi connectivity index (χ2v) is 4.16. The molecule has 1 saturated heterocycles. The molecule has 1 aliphatic carbocycles. The Morgan fingerprint density at radius 3 is 2.71 bits per heavy atom. The lowest BCUT2D eigenvalue weighted by molar-refractivity contribution is -0.152. The third kappa shape index (κ3) is 1.77. The fraction of sp³-hybridized carbons (Fsp3) is 0.900. The minimum Gasteiger partial charge on any atom is -0.468 e. The van der Waals surface area contributed by atoms with Gasteiger partial charge in [0.1, 0.15) is 6.04 Å². The van der Waals surface area contributed by atoms with Crippen molar-refractivity contribution in [1.82, 2.24) is 5.32 Å². The summed E-state index contributed by atoms with van der Waals surface area (Å²) >= 11 is 0. The van der Waals surface area contributed by atoms with E-state index in [2.05, 4.69) is 10.1 Å². The summed E-state index contributed by atoms with van der Waals surface area (Å²) in [5, 5.41) is 3.20. The van der Waals surface area contributed by atoms with Crippen LogP contribution in [-0.4, -0.2) is 37.9 Å². The molecule has 1 aliphatic heterocycles. The number of ether oxygens (including phenoxy) is 2. The van der Waals surface area contributed by atoms with Crippen LogP contribution >= 0.6 is 0 Å². The molecule has 0 bridgehead atoms. The smallest absolute Gasteiger partial charge is 0.325 e. The number of hydrogen-bond acceptors (Lipinski definition) is 4. The highest BCUT2D eigenvalue weighted by Crippen LogP contribution is 2.34. The van der Waals surface area contributed by atoms with Crippen LogP contribution in [0.5, 0.6) is 0 Å². The van der Waals surface area contributed by atoms with E-state index in [0.29, 0.717) is 6.61 Å². The Labute approximate surface area is 84.0 Å². The minimum absolute atomic E-state index is 0.0184. The molecule has 0 amide bonds. The van der Waals surface area contributed by atoms with E-state index >= 15 is 0 Å². The predicted molar refractivity (Wildman–Crippen MR) is 51.0 cm³/mol. The maximum atomic E-state index is 11.2. The molecule has 4 heteroatoms. The van der Waals surface area contributed by atoms with Gasteiger partial charge in [-0.3, -0.25) is 10.1 Å². The number of carbonyl (C=O) groups is 1. The number of methoxy groups -OCH3 is 1. The molecule has 1 unspecified atom stereocenters. The second-order valence-electron chi connectivity index (χ2n) is 4.16. The van der Waals surface area contributed by atoms with E-state index in [1.807, 2.05) is 0 Å².